The van der Waals surface area contributed by atoms with Crippen molar-refractivity contribution in [2.24, 2.45) is 5.73 Å². The zero-order valence-electron chi connectivity index (χ0n) is 9.47. The molecule has 0 aromatic heterocycles. The maximum absolute atomic E-state index is 12.1. The molecule has 0 saturated heterocycles. The van der Waals surface area contributed by atoms with Crippen LogP contribution in [0, 0.1) is 0 Å². The summed E-state index contributed by atoms with van der Waals surface area (Å²) in [6, 6.07) is 10.4. The summed E-state index contributed by atoms with van der Waals surface area (Å²) in [6.45, 7) is 0. The molecule has 0 bridgehead atoms. The highest BCUT2D eigenvalue weighted by Gasteiger charge is 2.23. The van der Waals surface area contributed by atoms with Gasteiger partial charge in [0.2, 0.25) is 0 Å². The van der Waals surface area contributed by atoms with Crippen LogP contribution >= 0.6 is 0 Å². The van der Waals surface area contributed by atoms with Crippen LogP contribution in [0.1, 0.15) is 31.2 Å². The van der Waals surface area contributed by atoms with Crippen LogP contribution in [0.2, 0.25) is 0 Å². The SMILES string of the molecule is NC1CCC(S(=O)Cc2ccccc2)CC1. The third kappa shape index (κ3) is 3.16. The molecule has 0 aliphatic heterocycles. The van der Waals surface area contributed by atoms with Crippen molar-refractivity contribution in [3.63, 3.8) is 0 Å². The minimum absolute atomic E-state index is 0.338. The van der Waals surface area contributed by atoms with Gasteiger partial charge in [-0.15, -0.1) is 0 Å². The Morgan fingerprint density at radius 1 is 1.12 bits per heavy atom. The molecule has 2 N–H and O–H groups in total. The predicted molar refractivity (Wildman–Crippen MR) is 68.5 cm³/mol. The van der Waals surface area contributed by atoms with Gasteiger partial charge in [-0.3, -0.25) is 4.21 Å². The fourth-order valence-corrected chi connectivity index (χ4v) is 3.76. The normalized spacial score (nSPS) is 27.6. The lowest BCUT2D eigenvalue weighted by atomic mass is 9.96. The van der Waals surface area contributed by atoms with E-state index in [0.717, 1.165) is 25.7 Å². The molecule has 1 saturated carbocycles. The molecule has 1 aromatic rings. The lowest BCUT2D eigenvalue weighted by Gasteiger charge is -2.25. The fraction of sp³-hybridized carbons (Fsp3) is 0.538. The maximum atomic E-state index is 12.1. The van der Waals surface area contributed by atoms with Crippen molar-refractivity contribution in [1.29, 1.82) is 0 Å². The molecule has 1 aliphatic rings. The Morgan fingerprint density at radius 3 is 2.38 bits per heavy atom. The highest BCUT2D eigenvalue weighted by atomic mass is 32.2. The summed E-state index contributed by atoms with van der Waals surface area (Å²) in [5.74, 6) is 0.695. The van der Waals surface area contributed by atoms with E-state index in [4.69, 9.17) is 5.73 Å². The summed E-state index contributed by atoms with van der Waals surface area (Å²) in [7, 11) is -0.728. The molecule has 1 unspecified atom stereocenters. The second kappa shape index (κ2) is 5.60. The average Bonchev–Trinajstić information content (AvgIpc) is 2.31. The van der Waals surface area contributed by atoms with Crippen LogP contribution in [0.25, 0.3) is 0 Å². The molecule has 1 atom stereocenters. The van der Waals surface area contributed by atoms with Crippen LogP contribution < -0.4 is 5.73 Å². The molecule has 0 heterocycles. The second-order valence-electron chi connectivity index (χ2n) is 4.55. The molecule has 16 heavy (non-hydrogen) atoms. The van der Waals surface area contributed by atoms with Gasteiger partial charge < -0.3 is 5.73 Å². The zero-order valence-corrected chi connectivity index (χ0v) is 10.3. The van der Waals surface area contributed by atoms with Crippen molar-refractivity contribution in [2.75, 3.05) is 0 Å². The Morgan fingerprint density at radius 2 is 1.75 bits per heavy atom. The van der Waals surface area contributed by atoms with Gasteiger partial charge in [-0.25, -0.2) is 0 Å². The Bertz CT molecular complexity index is 344. The van der Waals surface area contributed by atoms with E-state index in [9.17, 15) is 4.21 Å². The van der Waals surface area contributed by atoms with Crippen LogP contribution in [-0.4, -0.2) is 15.5 Å². The lowest BCUT2D eigenvalue weighted by molar-refractivity contribution is 0.444. The molecule has 0 spiro atoms. The first-order valence-corrected chi connectivity index (χ1v) is 7.30. The molecule has 88 valence electrons. The van der Waals surface area contributed by atoms with Crippen molar-refractivity contribution in [3.8, 4) is 0 Å². The maximum Gasteiger partial charge on any atom is 0.0488 e. The highest BCUT2D eigenvalue weighted by molar-refractivity contribution is 7.84. The number of hydrogen-bond donors (Lipinski definition) is 1. The standard InChI is InChI=1S/C13H19NOS/c14-12-6-8-13(9-7-12)16(15)10-11-4-2-1-3-5-11/h1-5,12-13H,6-10,14H2. The van der Waals surface area contributed by atoms with Gasteiger partial charge in [-0.2, -0.15) is 0 Å². The molecule has 2 rings (SSSR count). The van der Waals surface area contributed by atoms with Gasteiger partial charge >= 0.3 is 0 Å². The van der Waals surface area contributed by atoms with Gasteiger partial charge in [0, 0.05) is 27.8 Å². The molecular formula is C13H19NOS. The van der Waals surface area contributed by atoms with E-state index >= 15 is 0 Å². The van der Waals surface area contributed by atoms with E-state index in [-0.39, 0.29) is 0 Å². The summed E-state index contributed by atoms with van der Waals surface area (Å²) >= 11 is 0. The smallest absolute Gasteiger partial charge is 0.0488 e. The van der Waals surface area contributed by atoms with Crippen LogP contribution in [0.5, 0.6) is 0 Å². The average molecular weight is 237 g/mol. The molecule has 0 amide bonds. The summed E-state index contributed by atoms with van der Waals surface area (Å²) in [6.07, 6.45) is 4.12. The molecule has 2 nitrogen and oxygen atoms in total. The van der Waals surface area contributed by atoms with Crippen molar-refractivity contribution in [2.45, 2.75) is 42.7 Å². The van der Waals surface area contributed by atoms with Gasteiger partial charge in [0.05, 0.1) is 0 Å². The first kappa shape index (κ1) is 11.8. The topological polar surface area (TPSA) is 43.1 Å². The molecule has 0 radical (unpaired) electrons. The Hall–Kier alpha value is -0.670. The third-order valence-electron chi connectivity index (χ3n) is 3.24. The van der Waals surface area contributed by atoms with Gasteiger partial charge in [0.25, 0.3) is 0 Å². The summed E-state index contributed by atoms with van der Waals surface area (Å²) < 4.78 is 12.1. The monoisotopic (exact) mass is 237 g/mol. The van der Waals surface area contributed by atoms with Crippen molar-refractivity contribution >= 4 is 10.8 Å². The van der Waals surface area contributed by atoms with Crippen LogP contribution in [-0.2, 0) is 16.6 Å². The minimum Gasteiger partial charge on any atom is -0.328 e. The van der Waals surface area contributed by atoms with Crippen molar-refractivity contribution in [3.05, 3.63) is 35.9 Å². The lowest BCUT2D eigenvalue weighted by Crippen LogP contribution is -2.31. The first-order valence-electron chi connectivity index (χ1n) is 5.92. The van der Waals surface area contributed by atoms with Gasteiger partial charge in [-0.1, -0.05) is 30.3 Å². The summed E-state index contributed by atoms with van der Waals surface area (Å²) in [5, 5.41) is 0.361. The largest absolute Gasteiger partial charge is 0.328 e. The quantitative estimate of drug-likeness (QED) is 0.876. The van der Waals surface area contributed by atoms with Crippen LogP contribution in [0.15, 0.2) is 30.3 Å². The fourth-order valence-electron chi connectivity index (χ4n) is 2.21. The second-order valence-corrected chi connectivity index (χ2v) is 6.26. The zero-order chi connectivity index (χ0) is 11.4. The molecule has 1 fully saturated rings. The van der Waals surface area contributed by atoms with E-state index in [1.165, 1.54) is 5.56 Å². The van der Waals surface area contributed by atoms with E-state index in [1.807, 2.05) is 30.3 Å². The highest BCUT2D eigenvalue weighted by Crippen LogP contribution is 2.23. The number of rotatable bonds is 3. The van der Waals surface area contributed by atoms with E-state index in [2.05, 4.69) is 0 Å². The van der Waals surface area contributed by atoms with E-state index < -0.39 is 10.8 Å². The van der Waals surface area contributed by atoms with Gasteiger partial charge in [0.15, 0.2) is 0 Å². The molecule has 3 heteroatoms. The van der Waals surface area contributed by atoms with Gasteiger partial charge in [0.1, 0.15) is 0 Å². The Labute approximate surface area is 99.7 Å². The summed E-state index contributed by atoms with van der Waals surface area (Å²) in [4.78, 5) is 0. The number of benzene rings is 1. The Balaban J connectivity index is 1.89. The van der Waals surface area contributed by atoms with E-state index in [0.29, 0.717) is 17.0 Å². The number of nitrogens with two attached hydrogens (primary N) is 1. The van der Waals surface area contributed by atoms with Crippen LogP contribution in [0.3, 0.4) is 0 Å². The molecule has 1 aromatic carbocycles. The molecular weight excluding hydrogens is 218 g/mol. The van der Waals surface area contributed by atoms with Gasteiger partial charge in [-0.05, 0) is 31.2 Å². The third-order valence-corrected chi connectivity index (χ3v) is 5.08. The minimum atomic E-state index is -0.728. The predicted octanol–water partition coefficient (Wildman–Crippen LogP) is 2.21. The number of hydrogen-bond acceptors (Lipinski definition) is 2. The Kier molecular flexibility index (Phi) is 4.13. The van der Waals surface area contributed by atoms with Crippen LogP contribution in [0.4, 0.5) is 0 Å². The van der Waals surface area contributed by atoms with E-state index in [1.54, 1.807) is 0 Å². The molecule has 1 aliphatic carbocycles. The summed E-state index contributed by atoms with van der Waals surface area (Å²) in [5.41, 5.74) is 7.03. The van der Waals surface area contributed by atoms with Crippen molar-refractivity contribution in [1.82, 2.24) is 0 Å². The first-order chi connectivity index (χ1) is 7.75. The van der Waals surface area contributed by atoms with Crippen molar-refractivity contribution < 1.29 is 4.21 Å².